The van der Waals surface area contributed by atoms with E-state index in [-0.39, 0.29) is 5.97 Å². The minimum Gasteiger partial charge on any atom is -0.466 e. The van der Waals surface area contributed by atoms with Gasteiger partial charge in [-0.2, -0.15) is 0 Å². The Balaban J connectivity index is 1.56. The number of carbonyl (C=O) groups excluding carboxylic acids is 1. The van der Waals surface area contributed by atoms with Crippen molar-refractivity contribution in [3.05, 3.63) is 71.8 Å². The van der Waals surface area contributed by atoms with Gasteiger partial charge in [-0.25, -0.2) is 9.97 Å². The highest BCUT2D eigenvalue weighted by Gasteiger charge is 2.14. The molecule has 0 bridgehead atoms. The van der Waals surface area contributed by atoms with E-state index in [1.807, 2.05) is 25.6 Å². The summed E-state index contributed by atoms with van der Waals surface area (Å²) in [5.74, 6) is 1.88. The molecule has 1 aromatic carbocycles. The molecule has 256 valence electrons. The molecule has 0 atom stereocenters. The van der Waals surface area contributed by atoms with Crippen molar-refractivity contribution >= 4 is 5.97 Å². The molecule has 0 aliphatic heterocycles. The second kappa shape index (κ2) is 21.7. The molecule has 1 N–H and O–H groups in total. The van der Waals surface area contributed by atoms with Crippen molar-refractivity contribution in [2.45, 2.75) is 85.0 Å². The van der Waals surface area contributed by atoms with Gasteiger partial charge >= 0.3 is 5.97 Å². The molecule has 0 aliphatic rings. The highest BCUT2D eigenvalue weighted by molar-refractivity contribution is 5.69. The molecule has 0 aliphatic carbocycles. The van der Waals surface area contributed by atoms with Crippen LogP contribution in [0.1, 0.15) is 81.6 Å². The van der Waals surface area contributed by atoms with Gasteiger partial charge in [0.25, 0.3) is 0 Å². The molecule has 46 heavy (non-hydrogen) atoms. The van der Waals surface area contributed by atoms with Crippen LogP contribution in [0.2, 0.25) is 0 Å². The smallest absolute Gasteiger partial charge is 0.307 e. The van der Waals surface area contributed by atoms with Crippen LogP contribution in [-0.2, 0) is 42.8 Å². The first-order valence-electron chi connectivity index (χ1n) is 17.4. The predicted molar refractivity (Wildman–Crippen MR) is 186 cm³/mol. The van der Waals surface area contributed by atoms with Crippen molar-refractivity contribution in [3.63, 3.8) is 0 Å². The monoisotopic (exact) mass is 636 g/mol. The number of imidazole rings is 2. The molecule has 0 unspecified atom stereocenters. The molecule has 0 saturated carbocycles. The van der Waals surface area contributed by atoms with Crippen molar-refractivity contribution in [2.24, 2.45) is 7.05 Å². The Labute approximate surface area is 278 Å². The van der Waals surface area contributed by atoms with Gasteiger partial charge in [0.2, 0.25) is 0 Å². The molecular weight excluding hydrogens is 576 g/mol. The number of hydrogen-bond acceptors (Lipinski definition) is 8. The van der Waals surface area contributed by atoms with E-state index in [2.05, 4.69) is 91.3 Å². The van der Waals surface area contributed by atoms with E-state index in [1.165, 1.54) is 43.5 Å². The van der Waals surface area contributed by atoms with Gasteiger partial charge < -0.3 is 24.1 Å². The Morgan fingerprint density at radius 3 is 2.00 bits per heavy atom. The number of benzene rings is 1. The number of aromatic nitrogens is 4. The maximum absolute atomic E-state index is 12.6. The summed E-state index contributed by atoms with van der Waals surface area (Å²) in [4.78, 5) is 34.3. The first-order chi connectivity index (χ1) is 22.4. The average Bonchev–Trinajstić information content (AvgIpc) is 3.70. The molecule has 0 spiro atoms. The molecule has 0 radical (unpaired) electrons. The minimum absolute atomic E-state index is 0.0911. The third-order valence-corrected chi connectivity index (χ3v) is 8.22. The largest absolute Gasteiger partial charge is 0.466 e. The van der Waals surface area contributed by atoms with Crippen LogP contribution < -0.4 is 0 Å². The number of nitrogens with zero attached hydrogens (tertiary/aromatic N) is 7. The van der Waals surface area contributed by atoms with Crippen molar-refractivity contribution in [1.82, 2.24) is 39.1 Å². The highest BCUT2D eigenvalue weighted by atomic mass is 16.5. The lowest BCUT2D eigenvalue weighted by atomic mass is 10.1. The number of hydrogen-bond donors (Lipinski definition) is 1. The molecule has 0 amide bonds. The van der Waals surface area contributed by atoms with E-state index in [0.29, 0.717) is 19.6 Å². The van der Waals surface area contributed by atoms with Gasteiger partial charge in [0.05, 0.1) is 26.1 Å². The quantitative estimate of drug-likeness (QED) is 0.0988. The molecule has 2 aromatic heterocycles. The molecule has 0 fully saturated rings. The fraction of sp³-hybridized carbons (Fsp3) is 0.639. The van der Waals surface area contributed by atoms with E-state index in [0.717, 1.165) is 76.7 Å². The maximum atomic E-state index is 12.6. The summed E-state index contributed by atoms with van der Waals surface area (Å²) in [5, 5.41) is 0. The van der Waals surface area contributed by atoms with Gasteiger partial charge in [-0.15, -0.1) is 0 Å². The second-order valence-electron chi connectivity index (χ2n) is 12.8. The predicted octanol–water partition coefficient (Wildman–Crippen LogP) is 5.32. The zero-order chi connectivity index (χ0) is 33.0. The molecular formula is C36H60N8O2. The number of unbranched alkanes of at least 4 members (excludes halogenated alkanes) is 2. The third kappa shape index (κ3) is 15.0. The van der Waals surface area contributed by atoms with Crippen molar-refractivity contribution in [2.75, 3.05) is 60.0 Å². The average molecular weight is 637 g/mol. The summed E-state index contributed by atoms with van der Waals surface area (Å²) in [7, 11) is 6.17. The summed E-state index contributed by atoms with van der Waals surface area (Å²) in [6, 6.07) is 8.94. The zero-order valence-electron chi connectivity index (χ0n) is 29.3. The first-order valence-corrected chi connectivity index (χ1v) is 17.4. The maximum Gasteiger partial charge on any atom is 0.307 e. The fourth-order valence-electron chi connectivity index (χ4n) is 5.73. The number of H-pyrrole nitrogens is 1. The summed E-state index contributed by atoms with van der Waals surface area (Å²) in [6.45, 7) is 14.3. The standard InChI is InChI=1S/C36H60N8O2/c1-6-20-42(21-7-2)23-8-9-24-43(25-16-36(45)46-27-11-10-22-40(3)4)28-32-12-14-33(15-13-32)29-44(30-34-37-17-18-38-34)31-35-39-19-26-41(35)5/h12-15,17-19,26H,6-11,16,20-25,27-31H2,1-5H3,(H,37,38). The lowest BCUT2D eigenvalue weighted by Crippen LogP contribution is -2.30. The molecule has 10 nitrogen and oxygen atoms in total. The zero-order valence-corrected chi connectivity index (χ0v) is 29.3. The topological polar surface area (TPSA) is 85.8 Å². The lowest BCUT2D eigenvalue weighted by Gasteiger charge is -2.24. The van der Waals surface area contributed by atoms with Crippen LogP contribution in [0.3, 0.4) is 0 Å². The van der Waals surface area contributed by atoms with E-state index in [9.17, 15) is 4.79 Å². The van der Waals surface area contributed by atoms with Gasteiger partial charge in [-0.05, 0) is 96.5 Å². The van der Waals surface area contributed by atoms with E-state index >= 15 is 0 Å². The first kappa shape index (κ1) is 37.4. The fourth-order valence-corrected chi connectivity index (χ4v) is 5.73. The molecule has 10 heteroatoms. The number of carbonyl (C=O) groups is 1. The second-order valence-corrected chi connectivity index (χ2v) is 12.8. The van der Waals surface area contributed by atoms with Crippen molar-refractivity contribution in [1.29, 1.82) is 0 Å². The van der Waals surface area contributed by atoms with Gasteiger partial charge in [0.1, 0.15) is 11.6 Å². The van der Waals surface area contributed by atoms with Crippen LogP contribution in [0.15, 0.2) is 49.1 Å². The normalized spacial score (nSPS) is 11.8. The Morgan fingerprint density at radius 1 is 0.761 bits per heavy atom. The van der Waals surface area contributed by atoms with Crippen LogP contribution in [0, 0.1) is 0 Å². The van der Waals surface area contributed by atoms with Crippen LogP contribution in [0.25, 0.3) is 0 Å². The van der Waals surface area contributed by atoms with E-state index < -0.39 is 0 Å². The Hall–Kier alpha value is -3.05. The molecule has 3 rings (SSSR count). The summed E-state index contributed by atoms with van der Waals surface area (Å²) >= 11 is 0. The summed E-state index contributed by atoms with van der Waals surface area (Å²) in [5.41, 5.74) is 2.52. The summed E-state index contributed by atoms with van der Waals surface area (Å²) < 4.78 is 7.63. The van der Waals surface area contributed by atoms with Gasteiger partial charge in [0.15, 0.2) is 0 Å². The summed E-state index contributed by atoms with van der Waals surface area (Å²) in [6.07, 6.45) is 14.6. The Bertz CT molecular complexity index is 1190. The Kier molecular flexibility index (Phi) is 17.6. The van der Waals surface area contributed by atoms with Gasteiger partial charge in [-0.3, -0.25) is 14.6 Å². The SMILES string of the molecule is CCCN(CCC)CCCCN(CCC(=O)OCCCCN(C)C)Cc1ccc(CN(Cc2ncc[nH]2)Cc2nccn2C)cc1. The van der Waals surface area contributed by atoms with Crippen molar-refractivity contribution < 1.29 is 9.53 Å². The van der Waals surface area contributed by atoms with Crippen molar-refractivity contribution in [3.8, 4) is 0 Å². The number of esters is 1. The number of rotatable bonds is 25. The van der Waals surface area contributed by atoms with E-state index in [1.54, 1.807) is 6.20 Å². The van der Waals surface area contributed by atoms with Crippen LogP contribution in [0.5, 0.6) is 0 Å². The third-order valence-electron chi connectivity index (χ3n) is 8.22. The molecule has 2 heterocycles. The van der Waals surface area contributed by atoms with Crippen LogP contribution in [0.4, 0.5) is 0 Å². The molecule has 3 aromatic rings. The number of aryl methyl sites for hydroxylation is 1. The number of ether oxygens (including phenoxy) is 1. The highest BCUT2D eigenvalue weighted by Crippen LogP contribution is 2.15. The van der Waals surface area contributed by atoms with Crippen LogP contribution >= 0.6 is 0 Å². The number of aromatic amines is 1. The number of nitrogens with one attached hydrogen (secondary N) is 1. The minimum atomic E-state index is -0.0911. The van der Waals surface area contributed by atoms with E-state index in [4.69, 9.17) is 4.74 Å². The molecule has 0 saturated heterocycles. The van der Waals surface area contributed by atoms with Crippen LogP contribution in [-0.4, -0.2) is 105 Å². The Morgan fingerprint density at radius 2 is 1.41 bits per heavy atom. The van der Waals surface area contributed by atoms with Gasteiger partial charge in [0, 0.05) is 51.5 Å². The van der Waals surface area contributed by atoms with Gasteiger partial charge in [-0.1, -0.05) is 38.1 Å². The lowest BCUT2D eigenvalue weighted by molar-refractivity contribution is -0.144.